The Bertz CT molecular complexity index is 495. The van der Waals surface area contributed by atoms with Crippen molar-refractivity contribution in [2.24, 2.45) is 5.73 Å². The fourth-order valence-corrected chi connectivity index (χ4v) is 2.56. The van der Waals surface area contributed by atoms with Gasteiger partial charge in [-0.2, -0.15) is 0 Å². The van der Waals surface area contributed by atoms with Crippen LogP contribution in [0.2, 0.25) is 0 Å². The van der Waals surface area contributed by atoms with Crippen molar-refractivity contribution in [3.8, 4) is 11.5 Å². The zero-order chi connectivity index (χ0) is 11.7. The number of nitrogens with two attached hydrogens (primary N) is 1. The SMILES string of the molecule is NCC1(c2cccc(-c3ncco3)c2)CCC1. The molecular weight excluding hydrogens is 212 g/mol. The molecule has 2 aromatic rings. The first-order valence-corrected chi connectivity index (χ1v) is 6.05. The average Bonchev–Trinajstić information content (AvgIpc) is 2.82. The molecule has 3 rings (SSSR count). The van der Waals surface area contributed by atoms with Crippen molar-refractivity contribution < 1.29 is 4.42 Å². The van der Waals surface area contributed by atoms with Crippen molar-refractivity contribution in [3.63, 3.8) is 0 Å². The number of benzene rings is 1. The van der Waals surface area contributed by atoms with Gasteiger partial charge in [-0.15, -0.1) is 0 Å². The maximum Gasteiger partial charge on any atom is 0.225 e. The van der Waals surface area contributed by atoms with Gasteiger partial charge in [0.15, 0.2) is 0 Å². The number of rotatable bonds is 3. The van der Waals surface area contributed by atoms with Gasteiger partial charge < -0.3 is 10.2 Å². The highest BCUT2D eigenvalue weighted by molar-refractivity contribution is 5.55. The minimum atomic E-state index is 0.197. The van der Waals surface area contributed by atoms with Gasteiger partial charge in [-0.25, -0.2) is 4.98 Å². The second-order valence-corrected chi connectivity index (χ2v) is 4.76. The van der Waals surface area contributed by atoms with Gasteiger partial charge in [0, 0.05) is 17.5 Å². The summed E-state index contributed by atoms with van der Waals surface area (Å²) in [5.74, 6) is 0.679. The van der Waals surface area contributed by atoms with E-state index in [0.29, 0.717) is 5.89 Å². The lowest BCUT2D eigenvalue weighted by Gasteiger charge is -2.41. The van der Waals surface area contributed by atoms with Gasteiger partial charge in [-0.05, 0) is 30.5 Å². The van der Waals surface area contributed by atoms with Crippen molar-refractivity contribution in [1.29, 1.82) is 0 Å². The molecule has 0 saturated heterocycles. The molecule has 17 heavy (non-hydrogen) atoms. The van der Waals surface area contributed by atoms with E-state index in [9.17, 15) is 0 Å². The second kappa shape index (κ2) is 4.00. The van der Waals surface area contributed by atoms with E-state index in [-0.39, 0.29) is 5.41 Å². The van der Waals surface area contributed by atoms with Crippen LogP contribution in [0.5, 0.6) is 0 Å². The summed E-state index contributed by atoms with van der Waals surface area (Å²) in [7, 11) is 0. The Morgan fingerprint density at radius 1 is 1.35 bits per heavy atom. The quantitative estimate of drug-likeness (QED) is 0.878. The van der Waals surface area contributed by atoms with E-state index in [0.717, 1.165) is 12.1 Å². The monoisotopic (exact) mass is 228 g/mol. The predicted molar refractivity (Wildman–Crippen MR) is 66.5 cm³/mol. The normalized spacial score (nSPS) is 17.7. The first-order chi connectivity index (χ1) is 8.34. The molecule has 1 aromatic heterocycles. The highest BCUT2D eigenvalue weighted by atomic mass is 16.3. The van der Waals surface area contributed by atoms with Crippen LogP contribution in [0.3, 0.4) is 0 Å². The van der Waals surface area contributed by atoms with Gasteiger partial charge >= 0.3 is 0 Å². The number of nitrogens with zero attached hydrogens (tertiary/aromatic N) is 1. The summed E-state index contributed by atoms with van der Waals surface area (Å²) < 4.78 is 5.33. The number of hydrogen-bond acceptors (Lipinski definition) is 3. The van der Waals surface area contributed by atoms with E-state index in [1.165, 1.54) is 24.8 Å². The first-order valence-electron chi connectivity index (χ1n) is 6.05. The van der Waals surface area contributed by atoms with Crippen molar-refractivity contribution in [2.75, 3.05) is 6.54 Å². The van der Waals surface area contributed by atoms with Gasteiger partial charge in [-0.3, -0.25) is 0 Å². The highest BCUT2D eigenvalue weighted by Gasteiger charge is 2.37. The summed E-state index contributed by atoms with van der Waals surface area (Å²) in [6.45, 7) is 0.724. The molecule has 0 aliphatic heterocycles. The molecule has 0 unspecified atom stereocenters. The lowest BCUT2D eigenvalue weighted by molar-refractivity contribution is 0.253. The van der Waals surface area contributed by atoms with Crippen LogP contribution in [0.25, 0.3) is 11.5 Å². The molecule has 3 heteroatoms. The summed E-state index contributed by atoms with van der Waals surface area (Å²) in [6.07, 6.45) is 6.94. The van der Waals surface area contributed by atoms with Crippen molar-refractivity contribution in [1.82, 2.24) is 4.98 Å². The molecular formula is C14H16N2O. The zero-order valence-electron chi connectivity index (χ0n) is 9.73. The largest absolute Gasteiger partial charge is 0.445 e. The minimum Gasteiger partial charge on any atom is -0.445 e. The van der Waals surface area contributed by atoms with E-state index < -0.39 is 0 Å². The number of hydrogen-bond donors (Lipinski definition) is 1. The van der Waals surface area contributed by atoms with Crippen LogP contribution in [-0.2, 0) is 5.41 Å². The molecule has 0 radical (unpaired) electrons. The molecule has 2 N–H and O–H groups in total. The lowest BCUT2D eigenvalue weighted by Crippen LogP contribution is -2.41. The molecule has 1 saturated carbocycles. The summed E-state index contributed by atoms with van der Waals surface area (Å²) in [6, 6.07) is 8.42. The van der Waals surface area contributed by atoms with Gasteiger partial charge in [0.05, 0.1) is 6.20 Å². The maximum absolute atomic E-state index is 5.93. The van der Waals surface area contributed by atoms with Gasteiger partial charge in [-0.1, -0.05) is 18.6 Å². The van der Waals surface area contributed by atoms with E-state index in [2.05, 4.69) is 23.2 Å². The Kier molecular flexibility index (Phi) is 2.48. The standard InChI is InChI=1S/C14H16N2O/c15-10-14(5-2-6-14)12-4-1-3-11(9-12)13-16-7-8-17-13/h1,3-4,7-9H,2,5-6,10,15H2. The Morgan fingerprint density at radius 2 is 2.24 bits per heavy atom. The Balaban J connectivity index is 1.99. The van der Waals surface area contributed by atoms with E-state index in [1.54, 1.807) is 12.5 Å². The third kappa shape index (κ3) is 1.67. The Morgan fingerprint density at radius 3 is 2.82 bits per heavy atom. The summed E-state index contributed by atoms with van der Waals surface area (Å²) in [5.41, 5.74) is 8.48. The minimum absolute atomic E-state index is 0.197. The van der Waals surface area contributed by atoms with E-state index in [1.807, 2.05) is 6.07 Å². The van der Waals surface area contributed by atoms with Crippen LogP contribution in [-0.4, -0.2) is 11.5 Å². The molecule has 3 nitrogen and oxygen atoms in total. The summed E-state index contributed by atoms with van der Waals surface area (Å²) in [4.78, 5) is 4.18. The van der Waals surface area contributed by atoms with Crippen molar-refractivity contribution in [2.45, 2.75) is 24.7 Å². The molecule has 0 amide bonds. The molecule has 1 fully saturated rings. The number of aromatic nitrogens is 1. The third-order valence-corrected chi connectivity index (χ3v) is 3.86. The van der Waals surface area contributed by atoms with Crippen LogP contribution in [0.15, 0.2) is 41.1 Å². The van der Waals surface area contributed by atoms with Crippen LogP contribution < -0.4 is 5.73 Å². The number of oxazole rings is 1. The Hall–Kier alpha value is -1.61. The molecule has 1 aliphatic carbocycles. The van der Waals surface area contributed by atoms with E-state index in [4.69, 9.17) is 10.2 Å². The highest BCUT2D eigenvalue weighted by Crippen LogP contribution is 2.43. The molecule has 0 bridgehead atoms. The van der Waals surface area contributed by atoms with Gasteiger partial charge in [0.1, 0.15) is 6.26 Å². The third-order valence-electron chi connectivity index (χ3n) is 3.86. The molecule has 88 valence electrons. The Labute approximate surface area is 101 Å². The first kappa shape index (κ1) is 10.5. The predicted octanol–water partition coefficient (Wildman–Crippen LogP) is 2.72. The van der Waals surface area contributed by atoms with Crippen LogP contribution >= 0.6 is 0 Å². The average molecular weight is 228 g/mol. The molecule has 1 aromatic carbocycles. The van der Waals surface area contributed by atoms with Crippen LogP contribution in [0.4, 0.5) is 0 Å². The van der Waals surface area contributed by atoms with Crippen LogP contribution in [0.1, 0.15) is 24.8 Å². The molecule has 1 aliphatic rings. The van der Waals surface area contributed by atoms with E-state index >= 15 is 0 Å². The topological polar surface area (TPSA) is 52.0 Å². The van der Waals surface area contributed by atoms with Gasteiger partial charge in [0.2, 0.25) is 5.89 Å². The van der Waals surface area contributed by atoms with Crippen molar-refractivity contribution >= 4 is 0 Å². The van der Waals surface area contributed by atoms with Crippen molar-refractivity contribution in [3.05, 3.63) is 42.3 Å². The smallest absolute Gasteiger partial charge is 0.225 e. The summed E-state index contributed by atoms with van der Waals surface area (Å²) >= 11 is 0. The van der Waals surface area contributed by atoms with Gasteiger partial charge in [0.25, 0.3) is 0 Å². The molecule has 0 atom stereocenters. The molecule has 0 spiro atoms. The fourth-order valence-electron chi connectivity index (χ4n) is 2.56. The molecule has 1 heterocycles. The maximum atomic E-state index is 5.93. The van der Waals surface area contributed by atoms with Crippen LogP contribution in [0, 0.1) is 0 Å². The lowest BCUT2D eigenvalue weighted by atomic mass is 9.64. The summed E-state index contributed by atoms with van der Waals surface area (Å²) in [5, 5.41) is 0. The zero-order valence-corrected chi connectivity index (χ0v) is 9.73. The fraction of sp³-hybridized carbons (Fsp3) is 0.357. The second-order valence-electron chi connectivity index (χ2n) is 4.76.